The number of likely N-dealkylation sites (N-methyl/N-ethyl adjacent to an activating group) is 1. The number of aromatic nitrogens is 2. The van der Waals surface area contributed by atoms with Crippen LogP contribution in [0.25, 0.3) is 0 Å². The summed E-state index contributed by atoms with van der Waals surface area (Å²) < 4.78 is 0. The molecule has 2 aromatic heterocycles. The second-order valence-corrected chi connectivity index (χ2v) is 5.74. The third-order valence-electron chi connectivity index (χ3n) is 4.02. The predicted molar refractivity (Wildman–Crippen MR) is 89.4 cm³/mol. The molecule has 0 aromatic carbocycles. The molecule has 1 N–H and O–H groups in total. The lowest BCUT2D eigenvalue weighted by Gasteiger charge is -2.33. The largest absolute Gasteiger partial charge is 0.368 e. The number of pyridine rings is 2. The van der Waals surface area contributed by atoms with Gasteiger partial charge in [-0.25, -0.2) is 4.98 Å². The number of nitrogens with zero attached hydrogens (tertiary/aromatic N) is 4. The van der Waals surface area contributed by atoms with Crippen LogP contribution in [-0.2, 0) is 6.54 Å². The molecule has 1 aliphatic heterocycles. The second kappa shape index (κ2) is 7.19. The molecule has 6 nitrogen and oxygen atoms in total. The topological polar surface area (TPSA) is 61.4 Å². The second-order valence-electron chi connectivity index (χ2n) is 5.74. The molecule has 1 fully saturated rings. The van der Waals surface area contributed by atoms with Crippen LogP contribution < -0.4 is 10.2 Å². The number of amides is 1. The lowest BCUT2D eigenvalue weighted by molar-refractivity contribution is 0.0946. The Bertz CT molecular complexity index is 636. The van der Waals surface area contributed by atoms with Crippen molar-refractivity contribution in [3.05, 3.63) is 54.1 Å². The van der Waals surface area contributed by atoms with Crippen molar-refractivity contribution < 1.29 is 4.79 Å². The number of hydrogen-bond acceptors (Lipinski definition) is 5. The van der Waals surface area contributed by atoms with Crippen LogP contribution in [0.1, 0.15) is 16.1 Å². The summed E-state index contributed by atoms with van der Waals surface area (Å²) in [7, 11) is 2.13. The van der Waals surface area contributed by atoms with Gasteiger partial charge in [0.05, 0.1) is 11.9 Å². The number of piperazine rings is 1. The normalized spacial score (nSPS) is 15.4. The fraction of sp³-hybridized carbons (Fsp3) is 0.353. The smallest absolute Gasteiger partial charge is 0.270 e. The molecule has 0 radical (unpaired) electrons. The van der Waals surface area contributed by atoms with Crippen molar-refractivity contribution in [1.29, 1.82) is 0 Å². The lowest BCUT2D eigenvalue weighted by Crippen LogP contribution is -2.44. The molecule has 0 unspecified atom stereocenters. The van der Waals surface area contributed by atoms with Crippen molar-refractivity contribution in [2.24, 2.45) is 0 Å². The fourth-order valence-corrected chi connectivity index (χ4v) is 2.55. The van der Waals surface area contributed by atoms with E-state index in [1.807, 2.05) is 18.2 Å². The van der Waals surface area contributed by atoms with E-state index in [1.165, 1.54) is 0 Å². The average Bonchev–Trinajstić information content (AvgIpc) is 2.61. The number of anilines is 1. The van der Waals surface area contributed by atoms with E-state index in [2.05, 4.69) is 32.1 Å². The van der Waals surface area contributed by atoms with Gasteiger partial charge < -0.3 is 15.1 Å². The minimum atomic E-state index is -0.168. The van der Waals surface area contributed by atoms with Crippen molar-refractivity contribution in [3.8, 4) is 0 Å². The highest BCUT2D eigenvalue weighted by Gasteiger charge is 2.15. The molecular formula is C17H21N5O. The van der Waals surface area contributed by atoms with Gasteiger partial charge in [-0.1, -0.05) is 6.07 Å². The lowest BCUT2D eigenvalue weighted by atomic mass is 10.2. The Morgan fingerprint density at radius 2 is 2.00 bits per heavy atom. The van der Waals surface area contributed by atoms with Gasteiger partial charge in [0.15, 0.2) is 0 Å². The highest BCUT2D eigenvalue weighted by Crippen LogP contribution is 2.15. The van der Waals surface area contributed by atoms with Crippen LogP contribution >= 0.6 is 0 Å². The van der Waals surface area contributed by atoms with Gasteiger partial charge in [0.25, 0.3) is 5.91 Å². The SMILES string of the molecule is CN1CCN(c2ccc(C(=O)NCc3cccnc3)nc2)CC1. The third kappa shape index (κ3) is 4.04. The van der Waals surface area contributed by atoms with E-state index < -0.39 is 0 Å². The molecule has 23 heavy (non-hydrogen) atoms. The molecule has 0 aliphatic carbocycles. The molecular weight excluding hydrogens is 290 g/mol. The molecule has 0 spiro atoms. The molecule has 120 valence electrons. The van der Waals surface area contributed by atoms with Gasteiger partial charge >= 0.3 is 0 Å². The van der Waals surface area contributed by atoms with Crippen LogP contribution in [0, 0.1) is 0 Å². The standard InChI is InChI=1S/C17H21N5O/c1-21-7-9-22(10-8-21)15-4-5-16(19-13-15)17(23)20-12-14-3-2-6-18-11-14/h2-6,11,13H,7-10,12H2,1H3,(H,20,23). The van der Waals surface area contributed by atoms with Crippen LogP contribution in [-0.4, -0.2) is 54.0 Å². The third-order valence-corrected chi connectivity index (χ3v) is 4.02. The number of carbonyl (C=O) groups excluding carboxylic acids is 1. The molecule has 0 saturated carbocycles. The minimum absolute atomic E-state index is 0.168. The number of rotatable bonds is 4. The monoisotopic (exact) mass is 311 g/mol. The molecule has 2 aromatic rings. The molecule has 6 heteroatoms. The Labute approximate surface area is 136 Å². The van der Waals surface area contributed by atoms with E-state index in [-0.39, 0.29) is 5.91 Å². The Morgan fingerprint density at radius 1 is 1.17 bits per heavy atom. The zero-order valence-corrected chi connectivity index (χ0v) is 13.3. The van der Waals surface area contributed by atoms with Gasteiger partial charge in [0.2, 0.25) is 0 Å². The molecule has 1 saturated heterocycles. The zero-order valence-electron chi connectivity index (χ0n) is 13.3. The van der Waals surface area contributed by atoms with Crippen LogP contribution in [0.5, 0.6) is 0 Å². The van der Waals surface area contributed by atoms with Crippen LogP contribution in [0.15, 0.2) is 42.9 Å². The quantitative estimate of drug-likeness (QED) is 0.918. The highest BCUT2D eigenvalue weighted by molar-refractivity contribution is 5.92. The zero-order chi connectivity index (χ0) is 16.1. The van der Waals surface area contributed by atoms with Crippen molar-refractivity contribution >= 4 is 11.6 Å². The van der Waals surface area contributed by atoms with Gasteiger partial charge in [0.1, 0.15) is 5.69 Å². The van der Waals surface area contributed by atoms with Gasteiger partial charge in [0, 0.05) is 45.1 Å². The van der Waals surface area contributed by atoms with Gasteiger partial charge in [-0.3, -0.25) is 9.78 Å². The summed E-state index contributed by atoms with van der Waals surface area (Å²) in [5, 5.41) is 2.86. The van der Waals surface area contributed by atoms with Crippen LogP contribution in [0.3, 0.4) is 0 Å². The summed E-state index contributed by atoms with van der Waals surface area (Å²) >= 11 is 0. The van der Waals surface area contributed by atoms with E-state index in [0.717, 1.165) is 37.4 Å². The molecule has 3 rings (SSSR count). The van der Waals surface area contributed by atoms with Gasteiger partial charge in [-0.2, -0.15) is 0 Å². The molecule has 3 heterocycles. The van der Waals surface area contributed by atoms with E-state index in [4.69, 9.17) is 0 Å². The molecule has 0 bridgehead atoms. The van der Waals surface area contributed by atoms with Crippen molar-refractivity contribution in [3.63, 3.8) is 0 Å². The van der Waals surface area contributed by atoms with Crippen LogP contribution in [0.4, 0.5) is 5.69 Å². The maximum atomic E-state index is 12.1. The first-order valence-electron chi connectivity index (χ1n) is 7.79. The Balaban J connectivity index is 1.57. The highest BCUT2D eigenvalue weighted by atomic mass is 16.1. The van der Waals surface area contributed by atoms with E-state index >= 15 is 0 Å². The summed E-state index contributed by atoms with van der Waals surface area (Å²) in [4.78, 5) is 25.1. The summed E-state index contributed by atoms with van der Waals surface area (Å²) in [5.41, 5.74) is 2.48. The maximum Gasteiger partial charge on any atom is 0.270 e. The first-order valence-corrected chi connectivity index (χ1v) is 7.79. The molecule has 0 atom stereocenters. The predicted octanol–water partition coefficient (Wildman–Crippen LogP) is 1.16. The number of hydrogen-bond donors (Lipinski definition) is 1. The Kier molecular flexibility index (Phi) is 4.83. The Morgan fingerprint density at radius 3 is 2.65 bits per heavy atom. The first-order chi connectivity index (χ1) is 11.2. The fourth-order valence-electron chi connectivity index (χ4n) is 2.55. The summed E-state index contributed by atoms with van der Waals surface area (Å²) in [5.74, 6) is -0.168. The summed E-state index contributed by atoms with van der Waals surface area (Å²) in [6.45, 7) is 4.53. The van der Waals surface area contributed by atoms with Crippen LogP contribution in [0.2, 0.25) is 0 Å². The first kappa shape index (κ1) is 15.4. The van der Waals surface area contributed by atoms with E-state index in [0.29, 0.717) is 12.2 Å². The minimum Gasteiger partial charge on any atom is -0.368 e. The average molecular weight is 311 g/mol. The molecule has 1 amide bonds. The van der Waals surface area contributed by atoms with E-state index in [9.17, 15) is 4.79 Å². The molecule has 1 aliphatic rings. The van der Waals surface area contributed by atoms with Crippen molar-refractivity contribution in [2.45, 2.75) is 6.54 Å². The van der Waals surface area contributed by atoms with Crippen molar-refractivity contribution in [1.82, 2.24) is 20.2 Å². The summed E-state index contributed by atoms with van der Waals surface area (Å²) in [6, 6.07) is 7.53. The van der Waals surface area contributed by atoms with Gasteiger partial charge in [-0.05, 0) is 30.8 Å². The van der Waals surface area contributed by atoms with E-state index in [1.54, 1.807) is 24.7 Å². The number of carbonyl (C=O) groups is 1. The van der Waals surface area contributed by atoms with Crippen molar-refractivity contribution in [2.75, 3.05) is 38.1 Å². The van der Waals surface area contributed by atoms with Gasteiger partial charge in [-0.15, -0.1) is 0 Å². The number of nitrogens with one attached hydrogen (secondary N) is 1. The summed E-state index contributed by atoms with van der Waals surface area (Å²) in [6.07, 6.45) is 5.23. The Hall–Kier alpha value is -2.47. The maximum absolute atomic E-state index is 12.1.